The Morgan fingerprint density at radius 3 is 2.59 bits per heavy atom. The molecule has 156 valence electrons. The molecule has 2 aliphatic rings. The van der Waals surface area contributed by atoms with Gasteiger partial charge in [0.15, 0.2) is 5.78 Å². The summed E-state index contributed by atoms with van der Waals surface area (Å²) in [6.45, 7) is 7.31. The van der Waals surface area contributed by atoms with Crippen LogP contribution in [0.3, 0.4) is 0 Å². The highest BCUT2D eigenvalue weighted by molar-refractivity contribution is 7.21. The summed E-state index contributed by atoms with van der Waals surface area (Å²) in [5.74, 6) is 1.14. The van der Waals surface area contributed by atoms with Crippen LogP contribution in [-0.4, -0.2) is 29.7 Å². The molecule has 2 aromatic rings. The van der Waals surface area contributed by atoms with Gasteiger partial charge >= 0.3 is 0 Å². The van der Waals surface area contributed by atoms with Crippen molar-refractivity contribution in [2.24, 2.45) is 17.3 Å². The van der Waals surface area contributed by atoms with Crippen LogP contribution in [0.4, 0.5) is 4.39 Å². The standard InChI is InChI=1S/C24H30FNO2S/c1-24(2,3)23(28)22-19(18-12-17(25)8-9-20(18)29-22)13-21(27)26-11-10-15-6-4-5-7-16(15)14-26/h8-9,12,15-16H,4-7,10-11,13-14H2,1-3H3/t15-,16-/m1/s1. The number of carbonyl (C=O) groups excluding carboxylic acids is 2. The monoisotopic (exact) mass is 415 g/mol. The van der Waals surface area contributed by atoms with Crippen molar-refractivity contribution in [3.8, 4) is 0 Å². The maximum absolute atomic E-state index is 14.0. The Balaban J connectivity index is 1.63. The van der Waals surface area contributed by atoms with E-state index in [-0.39, 0.29) is 23.9 Å². The van der Waals surface area contributed by atoms with Gasteiger partial charge in [-0.25, -0.2) is 4.39 Å². The molecule has 3 nitrogen and oxygen atoms in total. The molecule has 5 heteroatoms. The summed E-state index contributed by atoms with van der Waals surface area (Å²) in [6, 6.07) is 4.61. The zero-order valence-corrected chi connectivity index (χ0v) is 18.4. The number of amides is 1. The SMILES string of the molecule is CC(C)(C)C(=O)c1sc2ccc(F)cc2c1CC(=O)N1CC[C@H]2CCCC[C@@H]2C1. The Kier molecular flexibility index (Phi) is 5.54. The van der Waals surface area contributed by atoms with Gasteiger partial charge in [-0.15, -0.1) is 11.3 Å². The van der Waals surface area contributed by atoms with Gasteiger partial charge in [-0.3, -0.25) is 9.59 Å². The van der Waals surface area contributed by atoms with Crippen molar-refractivity contribution in [3.63, 3.8) is 0 Å². The van der Waals surface area contributed by atoms with E-state index in [1.165, 1.54) is 49.2 Å². The zero-order chi connectivity index (χ0) is 20.8. The second kappa shape index (κ2) is 7.82. The number of hydrogen-bond acceptors (Lipinski definition) is 3. The van der Waals surface area contributed by atoms with Gasteiger partial charge in [0.2, 0.25) is 5.91 Å². The van der Waals surface area contributed by atoms with Crippen LogP contribution in [0.25, 0.3) is 10.1 Å². The van der Waals surface area contributed by atoms with Crippen molar-refractivity contribution < 1.29 is 14.0 Å². The summed E-state index contributed by atoms with van der Waals surface area (Å²) in [5, 5.41) is 0.712. The molecule has 2 fully saturated rings. The largest absolute Gasteiger partial charge is 0.342 e. The highest BCUT2D eigenvalue weighted by Gasteiger charge is 2.34. The fourth-order valence-electron chi connectivity index (χ4n) is 4.91. The molecule has 4 rings (SSSR count). The Bertz CT molecular complexity index is 942. The van der Waals surface area contributed by atoms with Crippen molar-refractivity contribution in [1.82, 2.24) is 4.90 Å². The molecule has 1 aliphatic heterocycles. The molecule has 1 aromatic heterocycles. The van der Waals surface area contributed by atoms with Crippen LogP contribution in [0.2, 0.25) is 0 Å². The highest BCUT2D eigenvalue weighted by atomic mass is 32.1. The number of carbonyl (C=O) groups is 2. The van der Waals surface area contributed by atoms with Crippen LogP contribution in [-0.2, 0) is 11.2 Å². The smallest absolute Gasteiger partial charge is 0.227 e. The number of halogens is 1. The van der Waals surface area contributed by atoms with E-state index in [1.54, 1.807) is 6.07 Å². The van der Waals surface area contributed by atoms with Gasteiger partial charge in [-0.05, 0) is 53.8 Å². The predicted molar refractivity (Wildman–Crippen MR) is 116 cm³/mol. The van der Waals surface area contributed by atoms with Crippen molar-refractivity contribution in [1.29, 1.82) is 0 Å². The van der Waals surface area contributed by atoms with E-state index in [1.807, 2.05) is 25.7 Å². The lowest BCUT2D eigenvalue weighted by molar-refractivity contribution is -0.133. The lowest BCUT2D eigenvalue weighted by Gasteiger charge is -2.41. The Hall–Kier alpha value is -1.75. The van der Waals surface area contributed by atoms with Gasteiger partial charge < -0.3 is 4.90 Å². The fraction of sp³-hybridized carbons (Fsp3) is 0.583. The van der Waals surface area contributed by atoms with E-state index < -0.39 is 5.41 Å². The molecular formula is C24H30FNO2S. The lowest BCUT2D eigenvalue weighted by Crippen LogP contribution is -2.45. The number of piperidine rings is 1. The minimum Gasteiger partial charge on any atom is -0.342 e. The molecule has 1 aliphatic carbocycles. The second-order valence-electron chi connectivity index (χ2n) is 9.74. The first kappa shape index (κ1) is 20.5. The van der Waals surface area contributed by atoms with Crippen LogP contribution in [0.15, 0.2) is 18.2 Å². The maximum atomic E-state index is 14.0. The van der Waals surface area contributed by atoms with Crippen molar-refractivity contribution >= 4 is 33.1 Å². The van der Waals surface area contributed by atoms with Crippen LogP contribution in [0.1, 0.15) is 68.1 Å². The van der Waals surface area contributed by atoms with E-state index in [0.717, 1.165) is 30.1 Å². The van der Waals surface area contributed by atoms with Gasteiger partial charge in [0.1, 0.15) is 5.82 Å². The molecule has 0 radical (unpaired) electrons. The Morgan fingerprint density at radius 2 is 1.86 bits per heavy atom. The van der Waals surface area contributed by atoms with Crippen molar-refractivity contribution in [2.45, 2.75) is 59.3 Å². The number of rotatable bonds is 3. The summed E-state index contributed by atoms with van der Waals surface area (Å²) in [6.07, 6.45) is 6.36. The summed E-state index contributed by atoms with van der Waals surface area (Å²) in [4.78, 5) is 28.9. The normalized spacial score (nSPS) is 22.6. The molecule has 0 spiro atoms. The molecule has 2 atom stereocenters. The van der Waals surface area contributed by atoms with Gasteiger partial charge in [0, 0.05) is 23.2 Å². The summed E-state index contributed by atoms with van der Waals surface area (Å²) in [7, 11) is 0. The number of benzene rings is 1. The molecule has 1 amide bonds. The third-order valence-electron chi connectivity index (χ3n) is 6.61. The van der Waals surface area contributed by atoms with E-state index in [0.29, 0.717) is 21.7 Å². The van der Waals surface area contributed by atoms with E-state index in [9.17, 15) is 14.0 Å². The summed E-state index contributed by atoms with van der Waals surface area (Å²) in [5.41, 5.74) is 0.165. The number of likely N-dealkylation sites (tertiary alicyclic amines) is 1. The first-order valence-electron chi connectivity index (χ1n) is 10.8. The molecule has 1 saturated heterocycles. The fourth-order valence-corrected chi connectivity index (χ4v) is 6.26. The van der Waals surface area contributed by atoms with Crippen LogP contribution in [0.5, 0.6) is 0 Å². The third kappa shape index (κ3) is 4.11. The average molecular weight is 416 g/mol. The first-order valence-corrected chi connectivity index (χ1v) is 11.6. The molecule has 2 heterocycles. The first-order chi connectivity index (χ1) is 13.7. The molecule has 29 heavy (non-hydrogen) atoms. The lowest BCUT2D eigenvalue weighted by atomic mass is 9.75. The Morgan fingerprint density at radius 1 is 1.14 bits per heavy atom. The molecule has 0 N–H and O–H groups in total. The number of nitrogens with zero attached hydrogens (tertiary/aromatic N) is 1. The van der Waals surface area contributed by atoms with E-state index >= 15 is 0 Å². The summed E-state index contributed by atoms with van der Waals surface area (Å²) < 4.78 is 14.8. The minimum atomic E-state index is -0.544. The van der Waals surface area contributed by atoms with Crippen LogP contribution < -0.4 is 0 Å². The van der Waals surface area contributed by atoms with Crippen LogP contribution in [0, 0.1) is 23.1 Å². The predicted octanol–water partition coefficient (Wildman–Crippen LogP) is 5.85. The number of hydrogen-bond donors (Lipinski definition) is 0. The summed E-state index contributed by atoms with van der Waals surface area (Å²) >= 11 is 1.39. The molecule has 1 aromatic carbocycles. The third-order valence-corrected chi connectivity index (χ3v) is 7.82. The minimum absolute atomic E-state index is 0.0212. The number of thiophene rings is 1. The van der Waals surface area contributed by atoms with E-state index in [4.69, 9.17) is 0 Å². The zero-order valence-electron chi connectivity index (χ0n) is 17.6. The second-order valence-corrected chi connectivity index (χ2v) is 10.8. The van der Waals surface area contributed by atoms with E-state index in [2.05, 4.69) is 0 Å². The molecule has 1 saturated carbocycles. The molecule has 0 bridgehead atoms. The van der Waals surface area contributed by atoms with Crippen molar-refractivity contribution in [2.75, 3.05) is 13.1 Å². The van der Waals surface area contributed by atoms with Crippen molar-refractivity contribution in [3.05, 3.63) is 34.5 Å². The van der Waals surface area contributed by atoms with Gasteiger partial charge in [-0.2, -0.15) is 0 Å². The number of fused-ring (bicyclic) bond motifs is 2. The van der Waals surface area contributed by atoms with Gasteiger partial charge in [0.25, 0.3) is 0 Å². The number of Topliss-reactive ketones (excluding diaryl/α,β-unsaturated/α-hetero) is 1. The maximum Gasteiger partial charge on any atom is 0.227 e. The number of ketones is 1. The highest BCUT2D eigenvalue weighted by Crippen LogP contribution is 2.38. The van der Waals surface area contributed by atoms with Crippen LogP contribution >= 0.6 is 11.3 Å². The molecule has 0 unspecified atom stereocenters. The molecular weight excluding hydrogens is 385 g/mol. The van der Waals surface area contributed by atoms with Gasteiger partial charge in [-0.1, -0.05) is 40.0 Å². The topological polar surface area (TPSA) is 37.4 Å². The quantitative estimate of drug-likeness (QED) is 0.590. The Labute approximate surface area is 176 Å². The average Bonchev–Trinajstić information content (AvgIpc) is 3.03. The van der Waals surface area contributed by atoms with Gasteiger partial charge in [0.05, 0.1) is 11.3 Å².